The highest BCUT2D eigenvalue weighted by Gasteiger charge is 2.25. The summed E-state index contributed by atoms with van der Waals surface area (Å²) >= 11 is 0. The monoisotopic (exact) mass is 303 g/mol. The lowest BCUT2D eigenvalue weighted by Gasteiger charge is -2.19. The smallest absolute Gasteiger partial charge is 0.273 e. The molecule has 1 aromatic carbocycles. The fraction of sp³-hybridized carbons (Fsp3) is 0.375. The van der Waals surface area contributed by atoms with Crippen LogP contribution in [0.4, 0.5) is 10.1 Å². The predicted octanol–water partition coefficient (Wildman–Crippen LogP) is 2.38. The largest absolute Gasteiger partial charge is 0.448 e. The number of para-hydroxylation sites is 1. The van der Waals surface area contributed by atoms with Crippen LogP contribution in [0, 0.1) is 18.7 Å². The first-order valence-electron chi connectivity index (χ1n) is 7.33. The van der Waals surface area contributed by atoms with E-state index in [1.54, 1.807) is 19.1 Å². The number of aryl methyl sites for hydroxylation is 1. The third-order valence-corrected chi connectivity index (χ3v) is 3.99. The molecule has 1 saturated heterocycles. The second kappa shape index (κ2) is 6.17. The molecular formula is C16H18FN3O2. The molecule has 2 aromatic rings. The number of aromatic nitrogens is 1. The van der Waals surface area contributed by atoms with E-state index in [-0.39, 0.29) is 11.7 Å². The van der Waals surface area contributed by atoms with E-state index < -0.39 is 0 Å². The molecule has 0 bridgehead atoms. The number of oxazole rings is 1. The van der Waals surface area contributed by atoms with E-state index in [1.807, 2.05) is 11.0 Å². The van der Waals surface area contributed by atoms with Crippen molar-refractivity contribution in [3.63, 3.8) is 0 Å². The molecule has 116 valence electrons. The van der Waals surface area contributed by atoms with Gasteiger partial charge in [0.05, 0.1) is 5.69 Å². The highest BCUT2D eigenvalue weighted by molar-refractivity contribution is 5.93. The van der Waals surface area contributed by atoms with Gasteiger partial charge in [0.15, 0.2) is 12.1 Å². The molecule has 0 aliphatic carbocycles. The molecule has 3 rings (SSSR count). The van der Waals surface area contributed by atoms with Crippen LogP contribution < -0.4 is 10.2 Å². The molecule has 0 spiro atoms. The first kappa shape index (κ1) is 14.6. The second-order valence-corrected chi connectivity index (χ2v) is 5.52. The van der Waals surface area contributed by atoms with Gasteiger partial charge >= 0.3 is 0 Å². The fourth-order valence-corrected chi connectivity index (χ4v) is 2.77. The maximum Gasteiger partial charge on any atom is 0.273 e. The Hall–Kier alpha value is -2.37. The highest BCUT2D eigenvalue weighted by atomic mass is 19.1. The Morgan fingerprint density at radius 3 is 3.05 bits per heavy atom. The number of carbonyl (C=O) groups excluding carboxylic acids is 1. The molecule has 5 nitrogen and oxygen atoms in total. The van der Waals surface area contributed by atoms with Gasteiger partial charge in [-0.05, 0) is 31.4 Å². The quantitative estimate of drug-likeness (QED) is 0.942. The van der Waals surface area contributed by atoms with Crippen molar-refractivity contribution < 1.29 is 13.6 Å². The normalized spacial score (nSPS) is 17.7. The minimum Gasteiger partial charge on any atom is -0.448 e. The third-order valence-electron chi connectivity index (χ3n) is 3.99. The van der Waals surface area contributed by atoms with Crippen LogP contribution >= 0.6 is 0 Å². The Morgan fingerprint density at radius 1 is 1.50 bits per heavy atom. The van der Waals surface area contributed by atoms with Crippen LogP contribution in [0.3, 0.4) is 0 Å². The molecular weight excluding hydrogens is 285 g/mol. The first-order chi connectivity index (χ1) is 10.6. The lowest BCUT2D eigenvalue weighted by atomic mass is 10.1. The average Bonchev–Trinajstić information content (AvgIpc) is 3.14. The van der Waals surface area contributed by atoms with Gasteiger partial charge in [0.2, 0.25) is 0 Å². The van der Waals surface area contributed by atoms with E-state index in [9.17, 15) is 9.18 Å². The number of rotatable bonds is 4. The van der Waals surface area contributed by atoms with E-state index in [4.69, 9.17) is 4.42 Å². The summed E-state index contributed by atoms with van der Waals surface area (Å²) in [5.41, 5.74) is 0.952. The van der Waals surface area contributed by atoms with Crippen molar-refractivity contribution in [1.29, 1.82) is 0 Å². The Kier molecular flexibility index (Phi) is 4.09. The number of anilines is 1. The Morgan fingerprint density at radius 2 is 2.32 bits per heavy atom. The third kappa shape index (κ3) is 2.95. The second-order valence-electron chi connectivity index (χ2n) is 5.52. The summed E-state index contributed by atoms with van der Waals surface area (Å²) in [5.74, 6) is 0.383. The van der Waals surface area contributed by atoms with Crippen molar-refractivity contribution in [2.24, 2.45) is 5.92 Å². The molecule has 0 unspecified atom stereocenters. The molecule has 1 aliphatic rings. The van der Waals surface area contributed by atoms with Crippen LogP contribution in [0.5, 0.6) is 0 Å². The maximum atomic E-state index is 13.8. The van der Waals surface area contributed by atoms with Gasteiger partial charge < -0.3 is 14.6 Å². The predicted molar refractivity (Wildman–Crippen MR) is 80.3 cm³/mol. The number of hydrogen-bond donors (Lipinski definition) is 1. The van der Waals surface area contributed by atoms with Gasteiger partial charge in [0.25, 0.3) is 5.91 Å². The molecule has 1 N–H and O–H groups in total. The van der Waals surface area contributed by atoms with Gasteiger partial charge in [0, 0.05) is 19.6 Å². The van der Waals surface area contributed by atoms with Gasteiger partial charge in [-0.25, -0.2) is 9.37 Å². The number of benzene rings is 1. The summed E-state index contributed by atoms with van der Waals surface area (Å²) in [4.78, 5) is 17.9. The van der Waals surface area contributed by atoms with Gasteiger partial charge in [-0.15, -0.1) is 0 Å². The summed E-state index contributed by atoms with van der Waals surface area (Å²) in [6.45, 7) is 3.79. The van der Waals surface area contributed by atoms with Gasteiger partial charge in [-0.1, -0.05) is 12.1 Å². The molecule has 1 amide bonds. The van der Waals surface area contributed by atoms with E-state index >= 15 is 0 Å². The van der Waals surface area contributed by atoms with Crippen LogP contribution in [0.2, 0.25) is 0 Å². The van der Waals surface area contributed by atoms with Gasteiger partial charge in [0.1, 0.15) is 11.6 Å². The summed E-state index contributed by atoms with van der Waals surface area (Å²) in [6.07, 6.45) is 2.19. The molecule has 2 heterocycles. The number of hydrogen-bond acceptors (Lipinski definition) is 4. The van der Waals surface area contributed by atoms with Crippen LogP contribution in [0.1, 0.15) is 22.7 Å². The zero-order valence-electron chi connectivity index (χ0n) is 12.4. The number of nitrogens with one attached hydrogen (secondary N) is 1. The molecule has 22 heavy (non-hydrogen) atoms. The first-order valence-corrected chi connectivity index (χ1v) is 7.33. The Labute approximate surface area is 128 Å². The topological polar surface area (TPSA) is 58.4 Å². The molecule has 1 aliphatic heterocycles. The van der Waals surface area contributed by atoms with Gasteiger partial charge in [-0.2, -0.15) is 0 Å². The van der Waals surface area contributed by atoms with E-state index in [0.717, 1.165) is 19.5 Å². The zero-order chi connectivity index (χ0) is 15.5. The molecule has 1 atom stereocenters. The lowest BCUT2D eigenvalue weighted by Crippen LogP contribution is -2.31. The fourth-order valence-electron chi connectivity index (χ4n) is 2.77. The van der Waals surface area contributed by atoms with E-state index in [2.05, 4.69) is 10.3 Å². The minimum absolute atomic E-state index is 0.203. The number of carbonyl (C=O) groups is 1. The van der Waals surface area contributed by atoms with Crippen molar-refractivity contribution in [1.82, 2.24) is 10.3 Å². The summed E-state index contributed by atoms with van der Waals surface area (Å²) in [6, 6.07) is 6.78. The van der Waals surface area contributed by atoms with Gasteiger partial charge in [-0.3, -0.25) is 4.79 Å². The van der Waals surface area contributed by atoms with Crippen molar-refractivity contribution in [3.8, 4) is 0 Å². The molecule has 0 radical (unpaired) electrons. The number of amides is 1. The Balaban J connectivity index is 1.55. The molecule has 1 fully saturated rings. The molecule has 6 heteroatoms. The zero-order valence-corrected chi connectivity index (χ0v) is 12.4. The summed E-state index contributed by atoms with van der Waals surface area (Å²) in [7, 11) is 0. The number of nitrogens with zero attached hydrogens (tertiary/aromatic N) is 2. The van der Waals surface area contributed by atoms with Crippen LogP contribution in [0.15, 0.2) is 35.1 Å². The molecule has 1 aromatic heterocycles. The van der Waals surface area contributed by atoms with Crippen molar-refractivity contribution in [2.75, 3.05) is 24.5 Å². The highest BCUT2D eigenvalue weighted by Crippen LogP contribution is 2.25. The van der Waals surface area contributed by atoms with Crippen LogP contribution in [-0.4, -0.2) is 30.5 Å². The SMILES string of the molecule is Cc1ocnc1C(=O)NC[C@@H]1CCN(c2ccccc2F)C1. The minimum atomic E-state index is -0.226. The summed E-state index contributed by atoms with van der Waals surface area (Å²) < 4.78 is 18.8. The van der Waals surface area contributed by atoms with Crippen molar-refractivity contribution in [2.45, 2.75) is 13.3 Å². The molecule has 0 saturated carbocycles. The average molecular weight is 303 g/mol. The Bertz CT molecular complexity index is 671. The van der Waals surface area contributed by atoms with Crippen LogP contribution in [-0.2, 0) is 0 Å². The van der Waals surface area contributed by atoms with Crippen LogP contribution in [0.25, 0.3) is 0 Å². The van der Waals surface area contributed by atoms with Crippen molar-refractivity contribution in [3.05, 3.63) is 47.9 Å². The van der Waals surface area contributed by atoms with Crippen molar-refractivity contribution >= 4 is 11.6 Å². The van der Waals surface area contributed by atoms with E-state index in [1.165, 1.54) is 12.5 Å². The van der Waals surface area contributed by atoms with E-state index in [0.29, 0.717) is 29.6 Å². The maximum absolute atomic E-state index is 13.8. The summed E-state index contributed by atoms with van der Waals surface area (Å²) in [5, 5.41) is 2.87. The lowest BCUT2D eigenvalue weighted by molar-refractivity contribution is 0.0942. The number of halogens is 1. The standard InChI is InChI=1S/C16H18FN3O2/c1-11-15(19-10-22-11)16(21)18-8-12-6-7-20(9-12)14-5-3-2-4-13(14)17/h2-5,10,12H,6-9H2,1H3,(H,18,21)/t12-/m0/s1.